The topological polar surface area (TPSA) is 70.9 Å². The van der Waals surface area contributed by atoms with Gasteiger partial charge in [0.1, 0.15) is 0 Å². The number of fused-ring (bicyclic) bond motifs is 1. The third-order valence-corrected chi connectivity index (χ3v) is 3.11. The van der Waals surface area contributed by atoms with Crippen LogP contribution in [0, 0.1) is 5.92 Å². The van der Waals surface area contributed by atoms with Crippen LogP contribution in [-0.4, -0.2) is 16.9 Å². The zero-order valence-electron chi connectivity index (χ0n) is 10.7. The lowest BCUT2D eigenvalue weighted by Gasteiger charge is -2.15. The van der Waals surface area contributed by atoms with Crippen LogP contribution in [0.15, 0.2) is 30.5 Å². The Labute approximate surface area is 107 Å². The van der Waals surface area contributed by atoms with Crippen molar-refractivity contribution in [3.05, 3.63) is 30.5 Å². The molecule has 0 bridgehead atoms. The van der Waals surface area contributed by atoms with Crippen LogP contribution >= 0.6 is 0 Å². The molecular weight excluding hydrogens is 226 g/mol. The Hall–Kier alpha value is -1.81. The first-order valence-electron chi connectivity index (χ1n) is 6.19. The lowest BCUT2D eigenvalue weighted by molar-refractivity contribution is -0.116. The summed E-state index contributed by atoms with van der Waals surface area (Å²) in [5.41, 5.74) is 7.75. The summed E-state index contributed by atoms with van der Waals surface area (Å²) in [5.74, 6) is 0.272. The maximum Gasteiger partial charge on any atom is 0.225 e. The van der Waals surface area contributed by atoms with Gasteiger partial charge < -0.3 is 16.0 Å². The molecule has 4 N–H and O–H groups in total. The fraction of sp³-hybridized carbons (Fsp3) is 0.357. The first-order chi connectivity index (χ1) is 8.56. The molecule has 2 rings (SSSR count). The van der Waals surface area contributed by atoms with E-state index in [1.165, 1.54) is 0 Å². The molecular formula is C14H19N3O. The van der Waals surface area contributed by atoms with Crippen LogP contribution in [-0.2, 0) is 4.79 Å². The number of aromatic amines is 1. The minimum absolute atomic E-state index is 0.0360. The van der Waals surface area contributed by atoms with Gasteiger partial charge in [0.25, 0.3) is 0 Å². The van der Waals surface area contributed by atoms with Crippen molar-refractivity contribution in [1.29, 1.82) is 0 Å². The molecule has 1 amide bonds. The van der Waals surface area contributed by atoms with Crippen molar-refractivity contribution in [2.24, 2.45) is 11.7 Å². The molecule has 0 aliphatic rings. The van der Waals surface area contributed by atoms with Crippen LogP contribution in [0.25, 0.3) is 10.9 Å². The molecule has 4 nitrogen and oxygen atoms in total. The van der Waals surface area contributed by atoms with Crippen molar-refractivity contribution in [3.8, 4) is 0 Å². The molecule has 4 heteroatoms. The molecule has 0 aliphatic heterocycles. The van der Waals surface area contributed by atoms with Crippen molar-refractivity contribution in [1.82, 2.24) is 4.98 Å². The Bertz CT molecular complexity index is 545. The van der Waals surface area contributed by atoms with Gasteiger partial charge in [-0.25, -0.2) is 0 Å². The fourth-order valence-electron chi connectivity index (χ4n) is 1.79. The summed E-state index contributed by atoms with van der Waals surface area (Å²) in [6, 6.07) is 7.67. The highest BCUT2D eigenvalue weighted by atomic mass is 16.1. The van der Waals surface area contributed by atoms with Crippen molar-refractivity contribution in [2.45, 2.75) is 26.3 Å². The highest BCUT2D eigenvalue weighted by Crippen LogP contribution is 2.18. The minimum atomic E-state index is -0.0963. The minimum Gasteiger partial charge on any atom is -0.361 e. The normalized spacial score (nSPS) is 12.9. The number of aromatic nitrogens is 1. The summed E-state index contributed by atoms with van der Waals surface area (Å²) in [7, 11) is 0. The largest absolute Gasteiger partial charge is 0.361 e. The first kappa shape index (κ1) is 12.6. The van der Waals surface area contributed by atoms with E-state index in [0.29, 0.717) is 12.3 Å². The van der Waals surface area contributed by atoms with Crippen LogP contribution in [0.1, 0.15) is 20.3 Å². The molecule has 1 aromatic carbocycles. The van der Waals surface area contributed by atoms with E-state index in [-0.39, 0.29) is 11.9 Å². The van der Waals surface area contributed by atoms with Crippen molar-refractivity contribution in [2.75, 3.05) is 5.32 Å². The molecule has 18 heavy (non-hydrogen) atoms. The Morgan fingerprint density at radius 3 is 2.89 bits per heavy atom. The van der Waals surface area contributed by atoms with Crippen molar-refractivity contribution < 1.29 is 4.79 Å². The molecule has 1 aromatic heterocycles. The Morgan fingerprint density at radius 2 is 2.17 bits per heavy atom. The molecule has 0 radical (unpaired) electrons. The van der Waals surface area contributed by atoms with Crippen LogP contribution < -0.4 is 11.1 Å². The van der Waals surface area contributed by atoms with Crippen molar-refractivity contribution >= 4 is 22.5 Å². The molecule has 0 saturated heterocycles. The van der Waals surface area contributed by atoms with Gasteiger partial charge in [0.2, 0.25) is 5.91 Å². The van der Waals surface area contributed by atoms with E-state index < -0.39 is 0 Å². The average Bonchev–Trinajstić information content (AvgIpc) is 2.75. The van der Waals surface area contributed by atoms with Gasteiger partial charge in [-0.1, -0.05) is 13.8 Å². The van der Waals surface area contributed by atoms with E-state index in [2.05, 4.69) is 10.3 Å². The Morgan fingerprint density at radius 1 is 1.39 bits per heavy atom. The number of nitrogens with two attached hydrogens (primary N) is 1. The summed E-state index contributed by atoms with van der Waals surface area (Å²) in [6.45, 7) is 4.04. The van der Waals surface area contributed by atoms with Crippen LogP contribution in [0.2, 0.25) is 0 Å². The first-order valence-corrected chi connectivity index (χ1v) is 6.19. The smallest absolute Gasteiger partial charge is 0.225 e. The number of anilines is 1. The summed E-state index contributed by atoms with van der Waals surface area (Å²) in [4.78, 5) is 14.9. The highest BCUT2D eigenvalue weighted by Gasteiger charge is 2.13. The van der Waals surface area contributed by atoms with Gasteiger partial charge in [-0.3, -0.25) is 4.79 Å². The van der Waals surface area contributed by atoms with Gasteiger partial charge in [0, 0.05) is 35.2 Å². The van der Waals surface area contributed by atoms with E-state index in [1.807, 2.05) is 44.3 Å². The molecule has 0 fully saturated rings. The zero-order valence-corrected chi connectivity index (χ0v) is 10.7. The lowest BCUT2D eigenvalue weighted by atomic mass is 10.0. The standard InChI is InChI=1S/C14H19N3O/c1-9(2)12(15)8-14(18)17-11-3-4-13-10(7-11)5-6-16-13/h3-7,9,12,16H,8,15H2,1-2H3,(H,17,18). The second-order valence-electron chi connectivity index (χ2n) is 4.94. The molecule has 0 aliphatic carbocycles. The third kappa shape index (κ3) is 2.90. The number of carbonyl (C=O) groups is 1. The maximum absolute atomic E-state index is 11.8. The summed E-state index contributed by atoms with van der Waals surface area (Å²) < 4.78 is 0. The molecule has 96 valence electrons. The number of H-pyrrole nitrogens is 1. The lowest BCUT2D eigenvalue weighted by Crippen LogP contribution is -2.31. The maximum atomic E-state index is 11.8. The molecule has 0 saturated carbocycles. The van der Waals surface area contributed by atoms with E-state index in [1.54, 1.807) is 0 Å². The molecule has 0 spiro atoms. The number of nitrogens with one attached hydrogen (secondary N) is 2. The number of hydrogen-bond donors (Lipinski definition) is 3. The second kappa shape index (κ2) is 5.23. The van der Waals surface area contributed by atoms with E-state index in [4.69, 9.17) is 5.73 Å². The summed E-state index contributed by atoms with van der Waals surface area (Å²) >= 11 is 0. The molecule has 2 aromatic rings. The number of benzene rings is 1. The summed E-state index contributed by atoms with van der Waals surface area (Å²) in [5, 5.41) is 3.96. The quantitative estimate of drug-likeness (QED) is 0.774. The number of amides is 1. The zero-order chi connectivity index (χ0) is 13.1. The van der Waals surface area contributed by atoms with E-state index in [9.17, 15) is 4.79 Å². The van der Waals surface area contributed by atoms with Gasteiger partial charge in [-0.15, -0.1) is 0 Å². The monoisotopic (exact) mass is 245 g/mol. The molecule has 1 heterocycles. The predicted octanol–water partition coefficient (Wildman–Crippen LogP) is 2.48. The Balaban J connectivity index is 2.02. The van der Waals surface area contributed by atoms with Gasteiger partial charge in [0.15, 0.2) is 0 Å². The van der Waals surface area contributed by atoms with Gasteiger partial charge >= 0.3 is 0 Å². The van der Waals surface area contributed by atoms with Crippen LogP contribution in [0.4, 0.5) is 5.69 Å². The Kier molecular flexibility index (Phi) is 3.67. The van der Waals surface area contributed by atoms with Crippen molar-refractivity contribution in [3.63, 3.8) is 0 Å². The third-order valence-electron chi connectivity index (χ3n) is 3.11. The average molecular weight is 245 g/mol. The highest BCUT2D eigenvalue weighted by molar-refractivity contribution is 5.94. The number of hydrogen-bond acceptors (Lipinski definition) is 2. The van der Waals surface area contributed by atoms with E-state index in [0.717, 1.165) is 16.6 Å². The van der Waals surface area contributed by atoms with Gasteiger partial charge in [-0.05, 0) is 30.2 Å². The van der Waals surface area contributed by atoms with Gasteiger partial charge in [-0.2, -0.15) is 0 Å². The van der Waals surface area contributed by atoms with Gasteiger partial charge in [0.05, 0.1) is 0 Å². The molecule has 1 atom stereocenters. The SMILES string of the molecule is CC(C)C(N)CC(=O)Nc1ccc2[nH]ccc2c1. The predicted molar refractivity (Wildman–Crippen MR) is 74.4 cm³/mol. The molecule has 1 unspecified atom stereocenters. The van der Waals surface area contributed by atoms with E-state index >= 15 is 0 Å². The number of rotatable bonds is 4. The fourth-order valence-corrected chi connectivity index (χ4v) is 1.79. The van der Waals surface area contributed by atoms with Crippen LogP contribution in [0.5, 0.6) is 0 Å². The van der Waals surface area contributed by atoms with Crippen LogP contribution in [0.3, 0.4) is 0 Å². The summed E-state index contributed by atoms with van der Waals surface area (Å²) in [6.07, 6.45) is 2.23. The second-order valence-corrected chi connectivity index (χ2v) is 4.94. The number of carbonyl (C=O) groups excluding carboxylic acids is 1.